The number of ether oxygens (including phenoxy) is 3. The summed E-state index contributed by atoms with van der Waals surface area (Å²) in [6.07, 6.45) is 1.46. The van der Waals surface area contributed by atoms with Crippen LogP contribution in [-0.4, -0.2) is 27.2 Å². The Morgan fingerprint density at radius 3 is 2.32 bits per heavy atom. The number of hydrogen-bond acceptors (Lipinski definition) is 5. The number of carbonyl (C=O) groups excluding carboxylic acids is 1. The van der Waals surface area contributed by atoms with Crippen molar-refractivity contribution in [1.29, 1.82) is 5.26 Å². The molecule has 128 valence electrons. The topological polar surface area (TPSA) is 80.6 Å². The highest BCUT2D eigenvalue weighted by Crippen LogP contribution is 2.32. The van der Waals surface area contributed by atoms with Crippen LogP contribution in [0.15, 0.2) is 48.0 Å². The fourth-order valence-electron chi connectivity index (χ4n) is 2.20. The lowest BCUT2D eigenvalue weighted by molar-refractivity contribution is -0.112. The normalized spacial score (nSPS) is 10.6. The van der Waals surface area contributed by atoms with Crippen molar-refractivity contribution in [1.82, 2.24) is 0 Å². The van der Waals surface area contributed by atoms with Crippen molar-refractivity contribution in [2.75, 3.05) is 26.6 Å². The van der Waals surface area contributed by atoms with E-state index in [1.54, 1.807) is 49.6 Å². The first-order chi connectivity index (χ1) is 12.1. The molecule has 0 atom stereocenters. The molecule has 0 unspecified atom stereocenters. The Kier molecular flexibility index (Phi) is 6.02. The Morgan fingerprint density at radius 1 is 1.04 bits per heavy atom. The molecule has 2 rings (SSSR count). The number of nitriles is 1. The smallest absolute Gasteiger partial charge is 0.266 e. The maximum Gasteiger partial charge on any atom is 0.266 e. The van der Waals surface area contributed by atoms with Gasteiger partial charge in [0.25, 0.3) is 5.91 Å². The van der Waals surface area contributed by atoms with E-state index >= 15 is 0 Å². The largest absolute Gasteiger partial charge is 0.497 e. The number of anilines is 1. The Balaban J connectivity index is 2.28. The summed E-state index contributed by atoms with van der Waals surface area (Å²) < 4.78 is 15.6. The van der Waals surface area contributed by atoms with E-state index in [2.05, 4.69) is 5.32 Å². The Bertz CT molecular complexity index is 820. The second kappa shape index (κ2) is 8.41. The minimum atomic E-state index is -0.516. The van der Waals surface area contributed by atoms with Gasteiger partial charge in [0.2, 0.25) is 0 Å². The zero-order valence-corrected chi connectivity index (χ0v) is 14.2. The van der Waals surface area contributed by atoms with Gasteiger partial charge in [-0.1, -0.05) is 12.1 Å². The summed E-state index contributed by atoms with van der Waals surface area (Å²) in [5.41, 5.74) is 1.08. The van der Waals surface area contributed by atoms with Gasteiger partial charge in [0.15, 0.2) is 11.5 Å². The average molecular weight is 338 g/mol. The second-order valence-electron chi connectivity index (χ2n) is 4.94. The number of benzene rings is 2. The summed E-state index contributed by atoms with van der Waals surface area (Å²) in [7, 11) is 4.58. The third-order valence-corrected chi connectivity index (χ3v) is 3.45. The van der Waals surface area contributed by atoms with Gasteiger partial charge in [-0.3, -0.25) is 4.79 Å². The van der Waals surface area contributed by atoms with Crippen LogP contribution in [0.1, 0.15) is 5.56 Å². The van der Waals surface area contributed by atoms with Crippen molar-refractivity contribution in [2.24, 2.45) is 0 Å². The molecule has 25 heavy (non-hydrogen) atoms. The lowest BCUT2D eigenvalue weighted by Crippen LogP contribution is -2.13. The molecule has 1 amide bonds. The highest BCUT2D eigenvalue weighted by Gasteiger charge is 2.13. The van der Waals surface area contributed by atoms with Crippen LogP contribution in [0.4, 0.5) is 5.69 Å². The van der Waals surface area contributed by atoms with E-state index < -0.39 is 5.91 Å². The molecule has 6 heteroatoms. The number of rotatable bonds is 6. The predicted molar refractivity (Wildman–Crippen MR) is 94.8 cm³/mol. The summed E-state index contributed by atoms with van der Waals surface area (Å²) in [4.78, 5) is 12.4. The van der Waals surface area contributed by atoms with Gasteiger partial charge in [0, 0.05) is 11.3 Å². The van der Waals surface area contributed by atoms with Crippen LogP contribution in [0, 0.1) is 11.3 Å². The monoisotopic (exact) mass is 338 g/mol. The zero-order valence-electron chi connectivity index (χ0n) is 14.2. The lowest BCUT2D eigenvalue weighted by atomic mass is 10.1. The van der Waals surface area contributed by atoms with Gasteiger partial charge < -0.3 is 19.5 Å². The van der Waals surface area contributed by atoms with Crippen LogP contribution in [0.5, 0.6) is 17.2 Å². The van der Waals surface area contributed by atoms with E-state index in [0.717, 1.165) is 0 Å². The molecular formula is C19H18N2O4. The summed E-state index contributed by atoms with van der Waals surface area (Å²) in [5.74, 6) is 1.13. The third-order valence-electron chi connectivity index (χ3n) is 3.45. The Morgan fingerprint density at radius 2 is 1.76 bits per heavy atom. The highest BCUT2D eigenvalue weighted by atomic mass is 16.5. The van der Waals surface area contributed by atoms with E-state index in [1.165, 1.54) is 20.3 Å². The predicted octanol–water partition coefficient (Wildman–Crippen LogP) is 3.26. The van der Waals surface area contributed by atoms with Gasteiger partial charge in [-0.15, -0.1) is 0 Å². The van der Waals surface area contributed by atoms with Gasteiger partial charge in [0.1, 0.15) is 17.4 Å². The number of carbonyl (C=O) groups is 1. The first-order valence-electron chi connectivity index (χ1n) is 7.41. The average Bonchev–Trinajstić information content (AvgIpc) is 2.66. The molecule has 0 spiro atoms. The standard InChI is InChI=1S/C19H18N2O4/c1-23-16-9-7-15(8-10-16)21-19(22)14(12-20)11-13-5-4-6-17(24-2)18(13)25-3/h4-11H,1-3H3,(H,21,22)/b14-11+. The Labute approximate surface area is 146 Å². The van der Waals surface area contributed by atoms with Crippen LogP contribution in [0.25, 0.3) is 6.08 Å². The highest BCUT2D eigenvalue weighted by molar-refractivity contribution is 6.09. The summed E-state index contributed by atoms with van der Waals surface area (Å²) in [6.45, 7) is 0. The molecule has 0 aromatic heterocycles. The SMILES string of the molecule is COc1ccc(NC(=O)/C(C#N)=C/c2cccc(OC)c2OC)cc1. The number of nitrogens with one attached hydrogen (secondary N) is 1. The first kappa shape index (κ1) is 17.9. The summed E-state index contributed by atoms with van der Waals surface area (Å²) in [5, 5.41) is 12.0. The van der Waals surface area contributed by atoms with Gasteiger partial charge in [0.05, 0.1) is 21.3 Å². The van der Waals surface area contributed by atoms with Crippen molar-refractivity contribution < 1.29 is 19.0 Å². The van der Waals surface area contributed by atoms with Gasteiger partial charge in [-0.05, 0) is 36.4 Å². The molecule has 1 N–H and O–H groups in total. The molecule has 2 aromatic carbocycles. The number of amides is 1. The fourth-order valence-corrected chi connectivity index (χ4v) is 2.20. The van der Waals surface area contributed by atoms with Crippen LogP contribution in [0.3, 0.4) is 0 Å². The minimum Gasteiger partial charge on any atom is -0.497 e. The quantitative estimate of drug-likeness (QED) is 0.646. The summed E-state index contributed by atoms with van der Waals surface area (Å²) >= 11 is 0. The first-order valence-corrected chi connectivity index (χ1v) is 7.41. The third kappa shape index (κ3) is 4.30. The van der Waals surface area contributed by atoms with Gasteiger partial charge in [-0.25, -0.2) is 0 Å². The maximum atomic E-state index is 12.4. The van der Waals surface area contributed by atoms with E-state index in [0.29, 0.717) is 28.5 Å². The number of para-hydroxylation sites is 1. The minimum absolute atomic E-state index is 0.0534. The van der Waals surface area contributed by atoms with Crippen LogP contribution >= 0.6 is 0 Å². The van der Waals surface area contributed by atoms with Crippen molar-refractivity contribution in [3.05, 3.63) is 53.6 Å². The van der Waals surface area contributed by atoms with Gasteiger partial charge in [-0.2, -0.15) is 5.26 Å². The number of hydrogen-bond donors (Lipinski definition) is 1. The molecule has 0 heterocycles. The van der Waals surface area contributed by atoms with Crippen molar-refractivity contribution in [2.45, 2.75) is 0 Å². The van der Waals surface area contributed by atoms with E-state index in [9.17, 15) is 10.1 Å². The molecule has 0 aliphatic rings. The molecular weight excluding hydrogens is 320 g/mol. The molecule has 0 aliphatic carbocycles. The molecule has 0 saturated carbocycles. The molecule has 0 aliphatic heterocycles. The number of nitrogens with zero attached hydrogens (tertiary/aromatic N) is 1. The number of methoxy groups -OCH3 is 3. The second-order valence-corrected chi connectivity index (χ2v) is 4.94. The van der Waals surface area contributed by atoms with Crippen LogP contribution in [0.2, 0.25) is 0 Å². The molecule has 0 radical (unpaired) electrons. The van der Waals surface area contributed by atoms with E-state index in [-0.39, 0.29) is 5.57 Å². The maximum absolute atomic E-state index is 12.4. The molecule has 2 aromatic rings. The molecule has 6 nitrogen and oxygen atoms in total. The fraction of sp³-hybridized carbons (Fsp3) is 0.158. The van der Waals surface area contributed by atoms with Crippen molar-refractivity contribution in [3.8, 4) is 23.3 Å². The lowest BCUT2D eigenvalue weighted by Gasteiger charge is -2.10. The zero-order chi connectivity index (χ0) is 18.2. The van der Waals surface area contributed by atoms with E-state index in [1.807, 2.05) is 6.07 Å². The molecule has 0 bridgehead atoms. The molecule has 0 fully saturated rings. The molecule has 0 saturated heterocycles. The van der Waals surface area contributed by atoms with Crippen molar-refractivity contribution in [3.63, 3.8) is 0 Å². The summed E-state index contributed by atoms with van der Waals surface area (Å²) in [6, 6.07) is 14.0. The van der Waals surface area contributed by atoms with Crippen LogP contribution < -0.4 is 19.5 Å². The van der Waals surface area contributed by atoms with Gasteiger partial charge >= 0.3 is 0 Å². The Hall–Kier alpha value is -3.46. The van der Waals surface area contributed by atoms with Crippen molar-refractivity contribution >= 4 is 17.7 Å². The van der Waals surface area contributed by atoms with Crippen LogP contribution in [-0.2, 0) is 4.79 Å². The van der Waals surface area contributed by atoms with E-state index in [4.69, 9.17) is 14.2 Å².